The molecular formula is C8H6ClFN2S. The van der Waals surface area contributed by atoms with E-state index in [1.54, 1.807) is 6.07 Å². The number of nitrogens with zero attached hydrogens (tertiary/aromatic N) is 1. The topological polar surface area (TPSA) is 24.4 Å². The van der Waals surface area contributed by atoms with Crippen LogP contribution in [0.5, 0.6) is 0 Å². The van der Waals surface area contributed by atoms with E-state index >= 15 is 0 Å². The van der Waals surface area contributed by atoms with Crippen molar-refractivity contribution in [1.82, 2.24) is 4.72 Å². The summed E-state index contributed by atoms with van der Waals surface area (Å²) in [4.78, 5) is 4.98. The Bertz CT molecular complexity index is 392. The molecule has 0 saturated carbocycles. The van der Waals surface area contributed by atoms with E-state index in [0.717, 1.165) is 10.7 Å². The molecule has 1 N–H and O–H groups in total. The van der Waals surface area contributed by atoms with Gasteiger partial charge in [0, 0.05) is 6.07 Å². The predicted octanol–water partition coefficient (Wildman–Crippen LogP) is 3.14. The highest BCUT2D eigenvalue weighted by atomic mass is 35.5. The number of benzene rings is 1. The van der Waals surface area contributed by atoms with Crippen LogP contribution < -0.4 is 4.72 Å². The molecule has 0 atom stereocenters. The van der Waals surface area contributed by atoms with Crippen molar-refractivity contribution < 1.29 is 4.39 Å². The normalized spacial score (nSPS) is 14.5. The number of fused-ring (bicyclic) bond motifs is 1. The molecule has 0 aromatic heterocycles. The van der Waals surface area contributed by atoms with Crippen molar-refractivity contribution in [3.05, 3.63) is 23.0 Å². The Morgan fingerprint density at radius 1 is 1.54 bits per heavy atom. The van der Waals surface area contributed by atoms with Gasteiger partial charge >= 0.3 is 0 Å². The van der Waals surface area contributed by atoms with Crippen molar-refractivity contribution in [3.8, 4) is 0 Å². The van der Waals surface area contributed by atoms with Crippen LogP contribution >= 0.6 is 23.5 Å². The van der Waals surface area contributed by atoms with Crippen LogP contribution in [0.1, 0.15) is 6.92 Å². The Balaban J connectivity index is 2.57. The first-order valence-electron chi connectivity index (χ1n) is 3.64. The van der Waals surface area contributed by atoms with E-state index in [2.05, 4.69) is 9.71 Å². The van der Waals surface area contributed by atoms with Crippen molar-refractivity contribution in [2.24, 2.45) is 4.99 Å². The first-order valence-corrected chi connectivity index (χ1v) is 4.83. The Labute approximate surface area is 84.3 Å². The first-order chi connectivity index (χ1) is 6.16. The third kappa shape index (κ3) is 1.64. The molecule has 1 aliphatic rings. The maximum atomic E-state index is 13.0. The van der Waals surface area contributed by atoms with Crippen LogP contribution in [-0.2, 0) is 0 Å². The van der Waals surface area contributed by atoms with E-state index in [4.69, 9.17) is 11.6 Å². The van der Waals surface area contributed by atoms with Crippen molar-refractivity contribution in [2.75, 3.05) is 0 Å². The van der Waals surface area contributed by atoms with Crippen LogP contribution in [0.3, 0.4) is 0 Å². The van der Waals surface area contributed by atoms with Gasteiger partial charge in [0.15, 0.2) is 0 Å². The Hall–Kier alpha value is -0.740. The van der Waals surface area contributed by atoms with E-state index in [9.17, 15) is 4.39 Å². The third-order valence-corrected chi connectivity index (χ3v) is 2.83. The molecular weight excluding hydrogens is 211 g/mol. The number of rotatable bonds is 0. The molecule has 2 rings (SSSR count). The van der Waals surface area contributed by atoms with Crippen LogP contribution in [0.4, 0.5) is 10.1 Å². The number of hydrogen-bond donors (Lipinski definition) is 1. The zero-order valence-electron chi connectivity index (χ0n) is 6.77. The lowest BCUT2D eigenvalue weighted by Crippen LogP contribution is -2.13. The minimum atomic E-state index is -0.431. The maximum absolute atomic E-state index is 13.0. The van der Waals surface area contributed by atoms with Gasteiger partial charge in [-0.15, -0.1) is 0 Å². The summed E-state index contributed by atoms with van der Waals surface area (Å²) in [5.74, 6) is 0.332. The van der Waals surface area contributed by atoms with E-state index in [1.807, 2.05) is 6.92 Å². The molecule has 0 radical (unpaired) electrons. The smallest absolute Gasteiger partial charge is 0.144 e. The lowest BCUT2D eigenvalue weighted by molar-refractivity contribution is 0.627. The zero-order valence-corrected chi connectivity index (χ0v) is 8.34. The van der Waals surface area contributed by atoms with Gasteiger partial charge in [-0.2, -0.15) is 0 Å². The first kappa shape index (κ1) is 8.84. The molecule has 1 aliphatic heterocycles. The molecule has 0 unspecified atom stereocenters. The Morgan fingerprint density at radius 3 is 3.08 bits per heavy atom. The monoisotopic (exact) mass is 216 g/mol. The van der Waals surface area contributed by atoms with Crippen LogP contribution in [-0.4, -0.2) is 5.84 Å². The summed E-state index contributed by atoms with van der Waals surface area (Å²) in [6.07, 6.45) is 0. The fraction of sp³-hybridized carbons (Fsp3) is 0.125. The van der Waals surface area contributed by atoms with Crippen LogP contribution in [0.2, 0.25) is 5.02 Å². The van der Waals surface area contributed by atoms with Gasteiger partial charge in [0.25, 0.3) is 0 Å². The largest absolute Gasteiger partial charge is 0.314 e. The molecule has 5 heteroatoms. The number of halogens is 2. The van der Waals surface area contributed by atoms with Gasteiger partial charge < -0.3 is 4.72 Å². The van der Waals surface area contributed by atoms with Crippen molar-refractivity contribution >= 4 is 35.1 Å². The van der Waals surface area contributed by atoms with Crippen LogP contribution in [0, 0.1) is 5.82 Å². The van der Waals surface area contributed by atoms with Gasteiger partial charge in [0.2, 0.25) is 0 Å². The third-order valence-electron chi connectivity index (χ3n) is 1.60. The summed E-state index contributed by atoms with van der Waals surface area (Å²) < 4.78 is 16.0. The fourth-order valence-electron chi connectivity index (χ4n) is 1.02. The lowest BCUT2D eigenvalue weighted by atomic mass is 10.3. The second-order valence-corrected chi connectivity index (χ2v) is 3.89. The Morgan fingerprint density at radius 2 is 2.31 bits per heavy atom. The SMILES string of the molecule is CC1=Nc2cc(F)c(Cl)cc2SN1. The predicted molar refractivity (Wildman–Crippen MR) is 53.2 cm³/mol. The van der Waals surface area contributed by atoms with Crippen molar-refractivity contribution in [2.45, 2.75) is 11.8 Å². The number of hydrogen-bond acceptors (Lipinski definition) is 3. The van der Waals surface area contributed by atoms with Gasteiger partial charge in [0.1, 0.15) is 11.7 Å². The molecule has 13 heavy (non-hydrogen) atoms. The molecule has 1 heterocycles. The number of amidine groups is 1. The van der Waals surface area contributed by atoms with Gasteiger partial charge in [-0.3, -0.25) is 0 Å². The molecule has 1 aromatic carbocycles. The summed E-state index contributed by atoms with van der Waals surface area (Å²) >= 11 is 7.01. The number of nitrogens with one attached hydrogen (secondary N) is 1. The van der Waals surface area contributed by atoms with E-state index in [1.165, 1.54) is 18.0 Å². The Kier molecular flexibility index (Phi) is 2.17. The molecule has 0 bridgehead atoms. The van der Waals surface area contributed by atoms with E-state index < -0.39 is 5.82 Å². The summed E-state index contributed by atoms with van der Waals surface area (Å²) in [5.41, 5.74) is 0.628. The minimum absolute atomic E-state index is 0.128. The fourth-order valence-corrected chi connectivity index (χ4v) is 1.94. The second-order valence-electron chi connectivity index (χ2n) is 2.64. The maximum Gasteiger partial charge on any atom is 0.144 e. The summed E-state index contributed by atoms with van der Waals surface area (Å²) in [6, 6.07) is 2.91. The second kappa shape index (κ2) is 3.20. The average molecular weight is 217 g/mol. The van der Waals surface area contributed by atoms with Crippen molar-refractivity contribution in [3.63, 3.8) is 0 Å². The van der Waals surface area contributed by atoms with E-state index in [-0.39, 0.29) is 5.02 Å². The summed E-state index contributed by atoms with van der Waals surface area (Å²) in [6.45, 7) is 1.82. The molecule has 0 aliphatic carbocycles. The molecule has 0 fully saturated rings. The molecule has 0 spiro atoms. The van der Waals surface area contributed by atoms with E-state index in [0.29, 0.717) is 5.69 Å². The average Bonchev–Trinajstić information content (AvgIpc) is 2.08. The van der Waals surface area contributed by atoms with Gasteiger partial charge in [-0.25, -0.2) is 9.38 Å². The van der Waals surface area contributed by atoms with Crippen LogP contribution in [0.15, 0.2) is 22.0 Å². The number of aliphatic imine (C=N–C) groups is 1. The molecule has 0 saturated heterocycles. The summed E-state index contributed by atoms with van der Waals surface area (Å²) in [5, 5.41) is 0.128. The molecule has 68 valence electrons. The molecule has 0 amide bonds. The quantitative estimate of drug-likeness (QED) is 0.674. The van der Waals surface area contributed by atoms with Crippen molar-refractivity contribution in [1.29, 1.82) is 0 Å². The highest BCUT2D eigenvalue weighted by Crippen LogP contribution is 2.34. The zero-order chi connectivity index (χ0) is 9.42. The van der Waals surface area contributed by atoms with Gasteiger partial charge in [-0.1, -0.05) is 11.6 Å². The minimum Gasteiger partial charge on any atom is -0.314 e. The standard InChI is InChI=1S/C8H6ClFN2S/c1-4-11-7-3-6(10)5(9)2-8(7)13-12-4/h2-3H,1H3,(H,11,12). The van der Waals surface area contributed by atoms with Gasteiger partial charge in [-0.05, 0) is 24.9 Å². The molecule has 2 nitrogen and oxygen atoms in total. The van der Waals surface area contributed by atoms with Gasteiger partial charge in [0.05, 0.1) is 15.6 Å². The van der Waals surface area contributed by atoms with Crippen LogP contribution in [0.25, 0.3) is 0 Å². The molecule has 1 aromatic rings. The lowest BCUT2D eigenvalue weighted by Gasteiger charge is -2.14. The summed E-state index contributed by atoms with van der Waals surface area (Å²) in [7, 11) is 0. The highest BCUT2D eigenvalue weighted by molar-refractivity contribution is 7.98. The highest BCUT2D eigenvalue weighted by Gasteiger charge is 2.12.